The van der Waals surface area contributed by atoms with E-state index in [1.54, 1.807) is 55.7 Å². The highest BCUT2D eigenvalue weighted by Crippen LogP contribution is 2.27. The monoisotopic (exact) mass is 355 g/mol. The number of benzene rings is 2. The zero-order valence-corrected chi connectivity index (χ0v) is 14.9. The fourth-order valence-corrected chi connectivity index (χ4v) is 2.15. The van der Waals surface area contributed by atoms with Crippen LogP contribution in [0.3, 0.4) is 0 Å². The van der Waals surface area contributed by atoms with Crippen LogP contribution < -0.4 is 14.8 Å². The number of ether oxygens (including phenoxy) is 3. The Hall–Kier alpha value is -3.28. The van der Waals surface area contributed by atoms with Gasteiger partial charge >= 0.3 is 5.97 Å². The second-order valence-corrected chi connectivity index (χ2v) is 5.38. The molecule has 2 aromatic rings. The van der Waals surface area contributed by atoms with Crippen LogP contribution in [0.4, 0.5) is 5.69 Å². The van der Waals surface area contributed by atoms with Gasteiger partial charge in [0.1, 0.15) is 0 Å². The number of anilines is 1. The molecule has 1 N–H and O–H groups in total. The van der Waals surface area contributed by atoms with Crippen LogP contribution in [0.15, 0.2) is 54.6 Å². The van der Waals surface area contributed by atoms with Crippen LogP contribution >= 0.6 is 0 Å². The summed E-state index contributed by atoms with van der Waals surface area (Å²) in [5.41, 5.74) is 1.38. The van der Waals surface area contributed by atoms with Crippen LogP contribution in [-0.4, -0.2) is 32.2 Å². The van der Waals surface area contributed by atoms with Crippen molar-refractivity contribution in [3.8, 4) is 11.5 Å². The predicted octanol–water partition coefficient (Wildman–Crippen LogP) is 3.29. The summed E-state index contributed by atoms with van der Waals surface area (Å²) < 4.78 is 15.5. The van der Waals surface area contributed by atoms with Gasteiger partial charge in [0.25, 0.3) is 5.91 Å². The third-order valence-electron chi connectivity index (χ3n) is 3.52. The molecule has 0 aliphatic heterocycles. The molecule has 0 bridgehead atoms. The van der Waals surface area contributed by atoms with Crippen molar-refractivity contribution in [2.75, 3.05) is 19.5 Å². The normalized spacial score (nSPS) is 11.7. The zero-order chi connectivity index (χ0) is 18.9. The molecule has 136 valence electrons. The molecule has 2 rings (SSSR count). The van der Waals surface area contributed by atoms with E-state index >= 15 is 0 Å². The fourth-order valence-electron chi connectivity index (χ4n) is 2.15. The minimum Gasteiger partial charge on any atom is -0.493 e. The number of esters is 1. The molecule has 26 heavy (non-hydrogen) atoms. The maximum atomic E-state index is 12.0. The molecule has 0 spiro atoms. The van der Waals surface area contributed by atoms with Gasteiger partial charge in [0.05, 0.1) is 14.2 Å². The minimum atomic E-state index is -0.919. The molecule has 1 atom stereocenters. The minimum absolute atomic E-state index is 0.399. The zero-order valence-electron chi connectivity index (χ0n) is 14.9. The van der Waals surface area contributed by atoms with Crippen molar-refractivity contribution in [1.82, 2.24) is 0 Å². The van der Waals surface area contributed by atoms with Gasteiger partial charge in [-0.1, -0.05) is 24.3 Å². The summed E-state index contributed by atoms with van der Waals surface area (Å²) in [5.74, 6) is 0.136. The molecule has 0 saturated carbocycles. The average Bonchev–Trinajstić information content (AvgIpc) is 2.66. The van der Waals surface area contributed by atoms with E-state index < -0.39 is 18.0 Å². The van der Waals surface area contributed by atoms with Gasteiger partial charge in [-0.15, -0.1) is 0 Å². The summed E-state index contributed by atoms with van der Waals surface area (Å²) in [6, 6.07) is 14.2. The molecule has 1 amide bonds. The lowest BCUT2D eigenvalue weighted by Gasteiger charge is -2.12. The van der Waals surface area contributed by atoms with Crippen LogP contribution in [0.2, 0.25) is 0 Å². The second kappa shape index (κ2) is 9.27. The van der Waals surface area contributed by atoms with Crippen molar-refractivity contribution in [3.05, 3.63) is 60.2 Å². The van der Waals surface area contributed by atoms with E-state index in [0.29, 0.717) is 17.2 Å². The van der Waals surface area contributed by atoms with E-state index in [2.05, 4.69) is 5.32 Å². The Morgan fingerprint density at radius 1 is 1.00 bits per heavy atom. The lowest BCUT2D eigenvalue weighted by Crippen LogP contribution is -2.29. The molecular weight excluding hydrogens is 334 g/mol. The Kier molecular flexibility index (Phi) is 6.79. The Morgan fingerprint density at radius 2 is 1.69 bits per heavy atom. The van der Waals surface area contributed by atoms with Gasteiger partial charge in [0.2, 0.25) is 0 Å². The first kappa shape index (κ1) is 19.1. The largest absolute Gasteiger partial charge is 0.493 e. The summed E-state index contributed by atoms with van der Waals surface area (Å²) in [5, 5.41) is 2.68. The van der Waals surface area contributed by atoms with Crippen molar-refractivity contribution in [2.24, 2.45) is 0 Å². The van der Waals surface area contributed by atoms with E-state index in [0.717, 1.165) is 5.56 Å². The number of rotatable bonds is 7. The highest BCUT2D eigenvalue weighted by Gasteiger charge is 2.16. The Balaban J connectivity index is 1.93. The topological polar surface area (TPSA) is 73.9 Å². The molecule has 0 aliphatic carbocycles. The van der Waals surface area contributed by atoms with Gasteiger partial charge in [-0.05, 0) is 42.8 Å². The van der Waals surface area contributed by atoms with Gasteiger partial charge < -0.3 is 19.5 Å². The molecule has 0 aliphatic rings. The van der Waals surface area contributed by atoms with Gasteiger partial charge in [-0.2, -0.15) is 0 Å². The van der Waals surface area contributed by atoms with Crippen LogP contribution in [0.25, 0.3) is 6.08 Å². The number of amides is 1. The number of methoxy groups -OCH3 is 2. The lowest BCUT2D eigenvalue weighted by molar-refractivity contribution is -0.148. The number of carbonyl (C=O) groups excluding carboxylic acids is 2. The molecule has 0 heterocycles. The van der Waals surface area contributed by atoms with Crippen molar-refractivity contribution >= 4 is 23.6 Å². The quantitative estimate of drug-likeness (QED) is 0.609. The summed E-state index contributed by atoms with van der Waals surface area (Å²) in [7, 11) is 3.08. The van der Waals surface area contributed by atoms with E-state index in [9.17, 15) is 9.59 Å². The van der Waals surface area contributed by atoms with Crippen molar-refractivity contribution < 1.29 is 23.8 Å². The molecule has 0 saturated heterocycles. The van der Waals surface area contributed by atoms with Crippen molar-refractivity contribution in [1.29, 1.82) is 0 Å². The van der Waals surface area contributed by atoms with Crippen molar-refractivity contribution in [2.45, 2.75) is 13.0 Å². The number of hydrogen-bond donors (Lipinski definition) is 1. The second-order valence-electron chi connectivity index (χ2n) is 5.38. The van der Waals surface area contributed by atoms with Crippen LogP contribution in [0.1, 0.15) is 12.5 Å². The van der Waals surface area contributed by atoms with Crippen molar-refractivity contribution in [3.63, 3.8) is 0 Å². The van der Waals surface area contributed by atoms with E-state index in [4.69, 9.17) is 14.2 Å². The Bertz CT molecular complexity index is 786. The van der Waals surface area contributed by atoms with E-state index in [1.165, 1.54) is 20.1 Å². The first-order chi connectivity index (χ1) is 12.5. The fraction of sp³-hybridized carbons (Fsp3) is 0.200. The van der Waals surface area contributed by atoms with Crippen LogP contribution in [0, 0.1) is 0 Å². The average molecular weight is 355 g/mol. The Morgan fingerprint density at radius 3 is 2.35 bits per heavy atom. The molecule has 6 heteroatoms. The van der Waals surface area contributed by atoms with E-state index in [1.807, 2.05) is 6.07 Å². The maximum Gasteiger partial charge on any atom is 0.331 e. The third kappa shape index (κ3) is 5.37. The van der Waals surface area contributed by atoms with Crippen LogP contribution in [0.5, 0.6) is 11.5 Å². The summed E-state index contributed by atoms with van der Waals surface area (Å²) in [6.07, 6.45) is 1.91. The molecule has 0 unspecified atom stereocenters. The molecule has 0 fully saturated rings. The molecular formula is C20H21NO5. The molecule has 0 aromatic heterocycles. The number of hydrogen-bond acceptors (Lipinski definition) is 5. The Labute approximate surface area is 152 Å². The predicted molar refractivity (Wildman–Crippen MR) is 99.2 cm³/mol. The molecule has 0 radical (unpaired) electrons. The molecule has 2 aromatic carbocycles. The number of nitrogens with one attached hydrogen (secondary N) is 1. The SMILES string of the molecule is COc1ccc(/C=C/C(=O)O[C@H](C)C(=O)Nc2ccccc2)cc1OC. The summed E-state index contributed by atoms with van der Waals surface area (Å²) in [6.45, 7) is 1.51. The standard InChI is InChI=1S/C20H21NO5/c1-14(20(23)21-16-7-5-4-6-8-16)26-19(22)12-10-15-9-11-17(24-2)18(13-15)25-3/h4-14H,1-3H3,(H,21,23)/b12-10+/t14-/m1/s1. The highest BCUT2D eigenvalue weighted by atomic mass is 16.5. The number of para-hydroxylation sites is 1. The summed E-state index contributed by atoms with van der Waals surface area (Å²) in [4.78, 5) is 23.9. The maximum absolute atomic E-state index is 12.0. The summed E-state index contributed by atoms with van der Waals surface area (Å²) >= 11 is 0. The van der Waals surface area contributed by atoms with Gasteiger partial charge in [-0.3, -0.25) is 4.79 Å². The first-order valence-electron chi connectivity index (χ1n) is 8.00. The smallest absolute Gasteiger partial charge is 0.331 e. The third-order valence-corrected chi connectivity index (χ3v) is 3.52. The van der Waals surface area contributed by atoms with E-state index in [-0.39, 0.29) is 0 Å². The highest BCUT2D eigenvalue weighted by molar-refractivity contribution is 5.96. The van der Waals surface area contributed by atoms with Crippen LogP contribution in [-0.2, 0) is 14.3 Å². The number of carbonyl (C=O) groups is 2. The van der Waals surface area contributed by atoms with Gasteiger partial charge in [-0.25, -0.2) is 4.79 Å². The molecule has 6 nitrogen and oxygen atoms in total. The van der Waals surface area contributed by atoms with Gasteiger partial charge in [0.15, 0.2) is 17.6 Å². The lowest BCUT2D eigenvalue weighted by atomic mass is 10.2. The van der Waals surface area contributed by atoms with Gasteiger partial charge in [0, 0.05) is 11.8 Å². The first-order valence-corrected chi connectivity index (χ1v) is 8.00.